The smallest absolute Gasteiger partial charge is 0.332 e. The molecule has 3 nitrogen and oxygen atoms in total. The van der Waals surface area contributed by atoms with Gasteiger partial charge in [0, 0.05) is 22.4 Å². The number of benzene rings is 1. The SMILES string of the molecule is O=C(O)C(=Cc1cccs1)CC(=O)c1ccc2c(c1)CCC2. The number of carboxylic acid groups (broad SMARTS) is 1. The van der Waals surface area contributed by atoms with Crippen LogP contribution in [-0.4, -0.2) is 16.9 Å². The number of aliphatic carboxylic acids is 1. The maximum absolute atomic E-state index is 12.4. The van der Waals surface area contributed by atoms with Crippen LogP contribution < -0.4 is 0 Å². The van der Waals surface area contributed by atoms with Gasteiger partial charge in [0.1, 0.15) is 0 Å². The summed E-state index contributed by atoms with van der Waals surface area (Å²) >= 11 is 1.46. The van der Waals surface area contributed by atoms with Gasteiger partial charge in [-0.1, -0.05) is 18.2 Å². The highest BCUT2D eigenvalue weighted by Gasteiger charge is 2.17. The van der Waals surface area contributed by atoms with Gasteiger partial charge < -0.3 is 5.11 Å². The third-order valence-corrected chi connectivity index (χ3v) is 4.73. The Kier molecular flexibility index (Phi) is 4.20. The maximum Gasteiger partial charge on any atom is 0.332 e. The van der Waals surface area contributed by atoms with Crippen molar-refractivity contribution >= 4 is 29.2 Å². The largest absolute Gasteiger partial charge is 0.478 e. The Hall–Kier alpha value is -2.20. The van der Waals surface area contributed by atoms with Crippen LogP contribution in [0.5, 0.6) is 0 Å². The van der Waals surface area contributed by atoms with Crippen molar-refractivity contribution in [2.24, 2.45) is 0 Å². The quantitative estimate of drug-likeness (QED) is 0.671. The predicted octanol–water partition coefficient (Wildman–Crippen LogP) is 3.98. The van der Waals surface area contributed by atoms with Crippen molar-refractivity contribution in [2.45, 2.75) is 25.7 Å². The van der Waals surface area contributed by atoms with Crippen LogP contribution in [0.1, 0.15) is 39.2 Å². The number of fused-ring (bicyclic) bond motifs is 1. The Morgan fingerprint density at radius 3 is 2.73 bits per heavy atom. The molecule has 0 bridgehead atoms. The minimum absolute atomic E-state index is 0.0774. The number of hydrogen-bond donors (Lipinski definition) is 1. The number of carbonyl (C=O) groups is 2. The van der Waals surface area contributed by atoms with Gasteiger partial charge in [-0.25, -0.2) is 4.79 Å². The fourth-order valence-corrected chi connectivity index (χ4v) is 3.44. The molecular weight excluding hydrogens is 296 g/mol. The summed E-state index contributed by atoms with van der Waals surface area (Å²) in [6.45, 7) is 0. The highest BCUT2D eigenvalue weighted by atomic mass is 32.1. The van der Waals surface area contributed by atoms with E-state index < -0.39 is 5.97 Å². The van der Waals surface area contributed by atoms with E-state index >= 15 is 0 Å². The monoisotopic (exact) mass is 312 g/mol. The minimum atomic E-state index is -1.04. The third kappa shape index (κ3) is 3.17. The molecule has 1 aromatic carbocycles. The normalized spacial score (nSPS) is 13.9. The summed E-state index contributed by atoms with van der Waals surface area (Å²) in [4.78, 5) is 24.6. The average Bonchev–Trinajstić information content (AvgIpc) is 3.16. The number of rotatable bonds is 5. The van der Waals surface area contributed by atoms with E-state index in [4.69, 9.17) is 0 Å². The van der Waals surface area contributed by atoms with Crippen molar-refractivity contribution < 1.29 is 14.7 Å². The summed E-state index contributed by atoms with van der Waals surface area (Å²) < 4.78 is 0. The van der Waals surface area contributed by atoms with Crippen LogP contribution in [0.15, 0.2) is 41.3 Å². The van der Waals surface area contributed by atoms with Gasteiger partial charge >= 0.3 is 5.97 Å². The molecule has 1 aromatic heterocycles. The van der Waals surface area contributed by atoms with Crippen molar-refractivity contribution in [1.82, 2.24) is 0 Å². The maximum atomic E-state index is 12.4. The van der Waals surface area contributed by atoms with E-state index in [1.54, 1.807) is 6.08 Å². The van der Waals surface area contributed by atoms with Crippen LogP contribution in [0.4, 0.5) is 0 Å². The summed E-state index contributed by atoms with van der Waals surface area (Å²) in [6, 6.07) is 9.44. The Bertz CT molecular complexity index is 742. The van der Waals surface area contributed by atoms with Gasteiger partial charge in [0.2, 0.25) is 0 Å². The van der Waals surface area contributed by atoms with Crippen LogP contribution in [0.2, 0.25) is 0 Å². The first-order valence-electron chi connectivity index (χ1n) is 7.26. The van der Waals surface area contributed by atoms with Crippen LogP contribution >= 0.6 is 11.3 Å². The molecular formula is C18H16O3S. The standard InChI is InChI=1S/C18H16O3S/c19-17(14-7-6-12-3-1-4-13(12)9-14)11-15(18(20)21)10-16-5-2-8-22-16/h2,5-10H,1,3-4,11H2,(H,20,21). The van der Waals surface area contributed by atoms with Crippen molar-refractivity contribution in [3.63, 3.8) is 0 Å². The molecule has 112 valence electrons. The summed E-state index contributed by atoms with van der Waals surface area (Å²) in [5.74, 6) is -1.18. The Balaban J connectivity index is 1.81. The molecule has 0 amide bonds. The van der Waals surface area contributed by atoms with Crippen molar-refractivity contribution in [2.75, 3.05) is 0 Å². The minimum Gasteiger partial charge on any atom is -0.478 e. The summed E-state index contributed by atoms with van der Waals surface area (Å²) in [6.07, 6.45) is 4.71. The number of ketones is 1. The molecule has 0 aliphatic heterocycles. The molecule has 1 aliphatic carbocycles. The van der Waals surface area contributed by atoms with E-state index in [9.17, 15) is 14.7 Å². The molecule has 0 unspecified atom stereocenters. The number of carbonyl (C=O) groups excluding carboxylic acids is 1. The third-order valence-electron chi connectivity index (χ3n) is 3.91. The van der Waals surface area contributed by atoms with Crippen LogP contribution in [-0.2, 0) is 17.6 Å². The molecule has 2 aromatic rings. The van der Waals surface area contributed by atoms with E-state index in [1.165, 1.54) is 22.5 Å². The van der Waals surface area contributed by atoms with Gasteiger partial charge in [-0.3, -0.25) is 4.79 Å². The molecule has 0 spiro atoms. The second-order valence-corrected chi connectivity index (χ2v) is 6.41. The van der Waals surface area contributed by atoms with Gasteiger partial charge in [-0.2, -0.15) is 0 Å². The Morgan fingerprint density at radius 2 is 2.00 bits per heavy atom. The zero-order valence-corrected chi connectivity index (χ0v) is 12.9. The Labute approximate surface area is 132 Å². The van der Waals surface area contributed by atoms with Crippen LogP contribution in [0.3, 0.4) is 0 Å². The second-order valence-electron chi connectivity index (χ2n) is 5.43. The first-order valence-corrected chi connectivity index (χ1v) is 8.14. The van der Waals surface area contributed by atoms with E-state index in [-0.39, 0.29) is 17.8 Å². The molecule has 0 saturated carbocycles. The summed E-state index contributed by atoms with van der Waals surface area (Å²) in [7, 11) is 0. The highest BCUT2D eigenvalue weighted by Crippen LogP contribution is 2.24. The van der Waals surface area contributed by atoms with Crippen molar-refractivity contribution in [3.8, 4) is 0 Å². The predicted molar refractivity (Wildman–Crippen MR) is 87.3 cm³/mol. The van der Waals surface area contributed by atoms with Gasteiger partial charge in [0.15, 0.2) is 5.78 Å². The number of thiophene rings is 1. The van der Waals surface area contributed by atoms with Gasteiger partial charge in [-0.15, -0.1) is 11.3 Å². The molecule has 1 heterocycles. The van der Waals surface area contributed by atoms with Gasteiger partial charge in [0.05, 0.1) is 0 Å². The molecule has 0 radical (unpaired) electrons. The first kappa shape index (κ1) is 14.7. The van der Waals surface area contributed by atoms with Gasteiger partial charge in [0.25, 0.3) is 0 Å². The number of carboxylic acids is 1. The number of hydrogen-bond acceptors (Lipinski definition) is 3. The van der Waals surface area contributed by atoms with Crippen molar-refractivity contribution in [1.29, 1.82) is 0 Å². The zero-order valence-electron chi connectivity index (χ0n) is 12.0. The first-order chi connectivity index (χ1) is 10.6. The van der Waals surface area contributed by atoms with Gasteiger partial charge in [-0.05, 0) is 54.0 Å². The fraction of sp³-hybridized carbons (Fsp3) is 0.222. The molecule has 0 saturated heterocycles. The molecule has 1 N–H and O–H groups in total. The lowest BCUT2D eigenvalue weighted by Gasteiger charge is -2.05. The fourth-order valence-electron chi connectivity index (χ4n) is 2.75. The molecule has 3 rings (SSSR count). The van der Waals surface area contributed by atoms with Crippen LogP contribution in [0, 0.1) is 0 Å². The second kappa shape index (κ2) is 6.28. The van der Waals surface area contributed by atoms with E-state index in [0.29, 0.717) is 5.56 Å². The lowest BCUT2D eigenvalue weighted by atomic mass is 9.99. The van der Waals surface area contributed by atoms with E-state index in [2.05, 4.69) is 0 Å². The summed E-state index contributed by atoms with van der Waals surface area (Å²) in [5.41, 5.74) is 3.28. The molecule has 0 atom stereocenters. The lowest BCUT2D eigenvalue weighted by molar-refractivity contribution is -0.132. The molecule has 22 heavy (non-hydrogen) atoms. The topological polar surface area (TPSA) is 54.4 Å². The van der Waals surface area contributed by atoms with Crippen molar-refractivity contribution in [3.05, 3.63) is 62.9 Å². The number of aryl methyl sites for hydroxylation is 2. The highest BCUT2D eigenvalue weighted by molar-refractivity contribution is 7.10. The Morgan fingerprint density at radius 1 is 1.18 bits per heavy atom. The van der Waals surface area contributed by atoms with E-state index in [0.717, 1.165) is 24.1 Å². The van der Waals surface area contributed by atoms with Crippen LogP contribution in [0.25, 0.3) is 6.08 Å². The molecule has 4 heteroatoms. The number of Topliss-reactive ketones (excluding diaryl/α,β-unsaturated/α-hetero) is 1. The lowest BCUT2D eigenvalue weighted by Crippen LogP contribution is -2.08. The van der Waals surface area contributed by atoms with E-state index in [1.807, 2.05) is 35.7 Å². The average molecular weight is 312 g/mol. The zero-order chi connectivity index (χ0) is 15.5. The molecule has 1 aliphatic rings. The summed E-state index contributed by atoms with van der Waals surface area (Å²) in [5, 5.41) is 11.2. The molecule has 0 fully saturated rings.